The van der Waals surface area contributed by atoms with Crippen LogP contribution in [-0.2, 0) is 4.74 Å². The van der Waals surface area contributed by atoms with Gasteiger partial charge in [-0.15, -0.1) is 11.3 Å². The Kier molecular flexibility index (Phi) is 6.54. The van der Waals surface area contributed by atoms with E-state index in [0.29, 0.717) is 33.5 Å². The summed E-state index contributed by atoms with van der Waals surface area (Å²) in [5, 5.41) is 3.95. The average molecular weight is 418 g/mol. The molecule has 0 radical (unpaired) electrons. The van der Waals surface area contributed by atoms with Crippen molar-refractivity contribution in [2.45, 2.75) is 19.8 Å². The summed E-state index contributed by atoms with van der Waals surface area (Å²) in [6.45, 7) is 2.41. The minimum atomic E-state index is -0.406. The molecular formula is C21H20ClNO4S. The van der Waals surface area contributed by atoms with Gasteiger partial charge in [0.05, 0.1) is 24.3 Å². The Morgan fingerprint density at radius 3 is 2.75 bits per heavy atom. The molecule has 2 aromatic carbocycles. The standard InChI is InChI=1S/C21H20ClNO4S/c1-3-4-10-27-21(25)13-6-5-7-14(11-13)23-20(24)19-18(22)16-12-15(26-2)8-9-17(16)28-19/h5-9,11-12H,3-4,10H2,1-2H3,(H,23,24). The van der Waals surface area contributed by atoms with Crippen LogP contribution in [0.15, 0.2) is 42.5 Å². The van der Waals surface area contributed by atoms with Gasteiger partial charge in [-0.25, -0.2) is 4.79 Å². The minimum Gasteiger partial charge on any atom is -0.497 e. The van der Waals surface area contributed by atoms with Crippen molar-refractivity contribution in [2.75, 3.05) is 19.0 Å². The molecule has 0 aliphatic heterocycles. The number of carbonyl (C=O) groups is 2. The summed E-state index contributed by atoms with van der Waals surface area (Å²) >= 11 is 7.72. The highest BCUT2D eigenvalue weighted by atomic mass is 35.5. The number of amides is 1. The number of esters is 1. The summed E-state index contributed by atoms with van der Waals surface area (Å²) in [4.78, 5) is 25.2. The van der Waals surface area contributed by atoms with Gasteiger partial charge in [-0.1, -0.05) is 31.0 Å². The fraction of sp³-hybridized carbons (Fsp3) is 0.238. The van der Waals surface area contributed by atoms with Crippen LogP contribution >= 0.6 is 22.9 Å². The van der Waals surface area contributed by atoms with Crippen molar-refractivity contribution < 1.29 is 19.1 Å². The van der Waals surface area contributed by atoms with E-state index < -0.39 is 5.97 Å². The second kappa shape index (κ2) is 9.08. The van der Waals surface area contributed by atoms with Crippen LogP contribution in [0.1, 0.15) is 39.8 Å². The lowest BCUT2D eigenvalue weighted by Gasteiger charge is -2.07. The zero-order valence-electron chi connectivity index (χ0n) is 15.6. The summed E-state index contributed by atoms with van der Waals surface area (Å²) in [5.74, 6) is -0.0633. The Morgan fingerprint density at radius 2 is 2.00 bits per heavy atom. The van der Waals surface area contributed by atoms with Crippen molar-refractivity contribution in [2.24, 2.45) is 0 Å². The Bertz CT molecular complexity index is 1010. The smallest absolute Gasteiger partial charge is 0.338 e. The predicted octanol–water partition coefficient (Wildman–Crippen LogP) is 5.77. The molecule has 0 atom stereocenters. The normalized spacial score (nSPS) is 10.7. The van der Waals surface area contributed by atoms with Crippen molar-refractivity contribution in [3.63, 3.8) is 0 Å². The maximum atomic E-state index is 12.7. The molecule has 0 aliphatic rings. The summed E-state index contributed by atoms with van der Waals surface area (Å²) in [6, 6.07) is 12.2. The number of hydrogen-bond acceptors (Lipinski definition) is 5. The number of unbranched alkanes of at least 4 members (excludes halogenated alkanes) is 1. The van der Waals surface area contributed by atoms with E-state index in [1.807, 2.05) is 19.1 Å². The largest absolute Gasteiger partial charge is 0.497 e. The molecule has 0 unspecified atom stereocenters. The van der Waals surface area contributed by atoms with E-state index in [1.165, 1.54) is 11.3 Å². The van der Waals surface area contributed by atoms with Gasteiger partial charge in [0, 0.05) is 15.8 Å². The molecule has 0 fully saturated rings. The molecule has 0 bridgehead atoms. The highest BCUT2D eigenvalue weighted by Gasteiger charge is 2.18. The molecule has 0 spiro atoms. The highest BCUT2D eigenvalue weighted by Crippen LogP contribution is 2.37. The van der Waals surface area contributed by atoms with Gasteiger partial charge >= 0.3 is 5.97 Å². The van der Waals surface area contributed by atoms with Gasteiger partial charge in [-0.3, -0.25) is 4.79 Å². The van der Waals surface area contributed by atoms with Crippen LogP contribution in [0.2, 0.25) is 5.02 Å². The third-order valence-corrected chi connectivity index (χ3v) is 5.80. The summed E-state index contributed by atoms with van der Waals surface area (Å²) in [7, 11) is 1.58. The van der Waals surface area contributed by atoms with E-state index in [1.54, 1.807) is 37.4 Å². The SMILES string of the molecule is CCCCOC(=O)c1cccc(NC(=O)c2sc3ccc(OC)cc3c2Cl)c1. The van der Waals surface area contributed by atoms with E-state index in [0.717, 1.165) is 22.9 Å². The first kappa shape index (κ1) is 20.2. The number of nitrogens with one attached hydrogen (secondary N) is 1. The van der Waals surface area contributed by atoms with Crippen molar-refractivity contribution in [3.05, 3.63) is 57.9 Å². The third-order valence-electron chi connectivity index (χ3n) is 4.13. The van der Waals surface area contributed by atoms with Crippen molar-refractivity contribution >= 4 is 50.6 Å². The van der Waals surface area contributed by atoms with Gasteiger partial charge in [0.2, 0.25) is 0 Å². The van der Waals surface area contributed by atoms with Crippen LogP contribution < -0.4 is 10.1 Å². The Labute approximate surface area is 172 Å². The first-order valence-electron chi connectivity index (χ1n) is 8.88. The molecule has 3 aromatic rings. The molecule has 28 heavy (non-hydrogen) atoms. The van der Waals surface area contributed by atoms with Gasteiger partial charge < -0.3 is 14.8 Å². The van der Waals surface area contributed by atoms with Crippen LogP contribution in [0.3, 0.4) is 0 Å². The number of hydrogen-bond donors (Lipinski definition) is 1. The molecule has 1 N–H and O–H groups in total. The molecule has 0 saturated carbocycles. The van der Waals surface area contributed by atoms with E-state index >= 15 is 0 Å². The number of ether oxygens (including phenoxy) is 2. The number of fused-ring (bicyclic) bond motifs is 1. The first-order valence-corrected chi connectivity index (χ1v) is 10.1. The second-order valence-electron chi connectivity index (χ2n) is 6.13. The number of rotatable bonds is 7. The maximum Gasteiger partial charge on any atom is 0.338 e. The lowest BCUT2D eigenvalue weighted by atomic mass is 10.2. The summed E-state index contributed by atoms with van der Waals surface area (Å²) in [6.07, 6.45) is 1.77. The molecule has 0 saturated heterocycles. The lowest BCUT2D eigenvalue weighted by molar-refractivity contribution is 0.0499. The van der Waals surface area contributed by atoms with Gasteiger partial charge in [-0.05, 0) is 42.8 Å². The van der Waals surface area contributed by atoms with E-state index in [9.17, 15) is 9.59 Å². The fourth-order valence-electron chi connectivity index (χ4n) is 2.62. The highest BCUT2D eigenvalue weighted by molar-refractivity contribution is 7.21. The van der Waals surface area contributed by atoms with E-state index in [4.69, 9.17) is 21.1 Å². The zero-order chi connectivity index (χ0) is 20.1. The van der Waals surface area contributed by atoms with Crippen LogP contribution in [0.5, 0.6) is 5.75 Å². The van der Waals surface area contributed by atoms with Crippen LogP contribution in [0, 0.1) is 0 Å². The fourth-order valence-corrected chi connectivity index (χ4v) is 4.01. The summed E-state index contributed by atoms with van der Waals surface area (Å²) < 4.78 is 11.3. The zero-order valence-corrected chi connectivity index (χ0v) is 17.2. The van der Waals surface area contributed by atoms with Crippen molar-refractivity contribution in [1.82, 2.24) is 0 Å². The lowest BCUT2D eigenvalue weighted by Crippen LogP contribution is -2.12. The Morgan fingerprint density at radius 1 is 1.18 bits per heavy atom. The Hall–Kier alpha value is -2.57. The molecule has 1 heterocycles. The quantitative estimate of drug-likeness (QED) is 0.391. The minimum absolute atomic E-state index is 0.332. The van der Waals surface area contributed by atoms with Crippen LogP contribution in [0.4, 0.5) is 5.69 Å². The second-order valence-corrected chi connectivity index (χ2v) is 7.56. The summed E-state index contributed by atoms with van der Waals surface area (Å²) in [5.41, 5.74) is 0.891. The number of thiophene rings is 1. The van der Waals surface area contributed by atoms with Gasteiger partial charge in [0.15, 0.2) is 0 Å². The third kappa shape index (κ3) is 4.46. The molecule has 1 aromatic heterocycles. The topological polar surface area (TPSA) is 64.6 Å². The molecule has 7 heteroatoms. The Balaban J connectivity index is 1.78. The molecule has 1 amide bonds. The number of halogens is 1. The average Bonchev–Trinajstić information content (AvgIpc) is 3.04. The molecule has 146 valence electrons. The van der Waals surface area contributed by atoms with E-state index in [2.05, 4.69) is 5.32 Å². The maximum absolute atomic E-state index is 12.7. The number of benzene rings is 2. The van der Waals surface area contributed by atoms with Gasteiger partial charge in [-0.2, -0.15) is 0 Å². The number of methoxy groups -OCH3 is 1. The number of carbonyl (C=O) groups excluding carboxylic acids is 2. The molecular weight excluding hydrogens is 398 g/mol. The van der Waals surface area contributed by atoms with Crippen LogP contribution in [0.25, 0.3) is 10.1 Å². The van der Waals surface area contributed by atoms with E-state index in [-0.39, 0.29) is 5.91 Å². The molecule has 3 rings (SSSR count). The van der Waals surface area contributed by atoms with Gasteiger partial charge in [0.1, 0.15) is 10.6 Å². The number of anilines is 1. The van der Waals surface area contributed by atoms with Crippen molar-refractivity contribution in [1.29, 1.82) is 0 Å². The van der Waals surface area contributed by atoms with Crippen molar-refractivity contribution in [3.8, 4) is 5.75 Å². The van der Waals surface area contributed by atoms with Crippen LogP contribution in [-0.4, -0.2) is 25.6 Å². The monoisotopic (exact) mass is 417 g/mol. The van der Waals surface area contributed by atoms with Gasteiger partial charge in [0.25, 0.3) is 5.91 Å². The molecule has 0 aliphatic carbocycles. The molecule has 5 nitrogen and oxygen atoms in total. The predicted molar refractivity (Wildman–Crippen MR) is 113 cm³/mol. The first-order chi connectivity index (χ1) is 13.5.